The molecule has 0 saturated carbocycles. The van der Waals surface area contributed by atoms with Crippen LogP contribution in [-0.2, 0) is 4.79 Å². The summed E-state index contributed by atoms with van der Waals surface area (Å²) in [5.41, 5.74) is 0.466. The Labute approximate surface area is 119 Å². The third kappa shape index (κ3) is 3.79. The molecule has 0 aliphatic heterocycles. The SMILES string of the molecule is COc1ccc(C(=O)NCC(=O)Nc2nccs2)cc1. The molecule has 7 heteroatoms. The van der Waals surface area contributed by atoms with Crippen LogP contribution >= 0.6 is 11.3 Å². The summed E-state index contributed by atoms with van der Waals surface area (Å²) in [4.78, 5) is 27.3. The van der Waals surface area contributed by atoms with Crippen LogP contribution in [0.1, 0.15) is 10.4 Å². The maximum absolute atomic E-state index is 11.8. The van der Waals surface area contributed by atoms with Crippen LogP contribution in [0.25, 0.3) is 0 Å². The van der Waals surface area contributed by atoms with Crippen LogP contribution in [0.3, 0.4) is 0 Å². The first-order valence-corrected chi connectivity index (χ1v) is 6.68. The Morgan fingerprint density at radius 3 is 2.65 bits per heavy atom. The number of hydrogen-bond donors (Lipinski definition) is 2. The number of rotatable bonds is 5. The zero-order valence-corrected chi connectivity index (χ0v) is 11.6. The van der Waals surface area contributed by atoms with E-state index in [4.69, 9.17) is 4.74 Å². The number of carbonyl (C=O) groups excluding carboxylic acids is 2. The summed E-state index contributed by atoms with van der Waals surface area (Å²) in [6.45, 7) is -0.107. The highest BCUT2D eigenvalue weighted by atomic mass is 32.1. The van der Waals surface area contributed by atoms with Gasteiger partial charge in [0.05, 0.1) is 13.7 Å². The summed E-state index contributed by atoms with van der Waals surface area (Å²) in [5, 5.41) is 7.38. The number of ether oxygens (including phenoxy) is 1. The number of anilines is 1. The molecule has 2 N–H and O–H groups in total. The molecule has 0 unspecified atom stereocenters. The van der Waals surface area contributed by atoms with E-state index in [1.165, 1.54) is 11.3 Å². The number of nitrogens with one attached hydrogen (secondary N) is 2. The number of methoxy groups -OCH3 is 1. The fraction of sp³-hybridized carbons (Fsp3) is 0.154. The van der Waals surface area contributed by atoms with Crippen LogP contribution in [0.2, 0.25) is 0 Å². The number of amides is 2. The summed E-state index contributed by atoms with van der Waals surface area (Å²) in [7, 11) is 1.55. The Balaban J connectivity index is 1.83. The van der Waals surface area contributed by atoms with Gasteiger partial charge in [0.15, 0.2) is 5.13 Å². The average molecular weight is 291 g/mol. The van der Waals surface area contributed by atoms with Gasteiger partial charge in [-0.2, -0.15) is 0 Å². The highest BCUT2D eigenvalue weighted by Gasteiger charge is 2.09. The number of carbonyl (C=O) groups is 2. The van der Waals surface area contributed by atoms with Gasteiger partial charge in [0.25, 0.3) is 5.91 Å². The quantitative estimate of drug-likeness (QED) is 0.875. The molecule has 1 aromatic heterocycles. The summed E-state index contributed by atoms with van der Waals surface area (Å²) in [5.74, 6) is 0.0341. The maximum Gasteiger partial charge on any atom is 0.251 e. The van der Waals surface area contributed by atoms with Gasteiger partial charge in [-0.25, -0.2) is 4.98 Å². The van der Waals surface area contributed by atoms with Crippen molar-refractivity contribution in [2.75, 3.05) is 19.0 Å². The number of thiazole rings is 1. The van der Waals surface area contributed by atoms with Gasteiger partial charge in [0, 0.05) is 17.1 Å². The summed E-state index contributed by atoms with van der Waals surface area (Å²) >= 11 is 1.32. The summed E-state index contributed by atoms with van der Waals surface area (Å²) in [6, 6.07) is 6.63. The fourth-order valence-electron chi connectivity index (χ4n) is 1.45. The molecule has 0 fully saturated rings. The number of nitrogens with zero attached hydrogens (tertiary/aromatic N) is 1. The smallest absolute Gasteiger partial charge is 0.251 e. The highest BCUT2D eigenvalue weighted by Crippen LogP contribution is 2.11. The number of aromatic nitrogens is 1. The van der Waals surface area contributed by atoms with Gasteiger partial charge in [0.1, 0.15) is 5.75 Å². The third-order valence-corrected chi connectivity index (χ3v) is 3.13. The van der Waals surface area contributed by atoms with E-state index in [0.29, 0.717) is 16.4 Å². The van der Waals surface area contributed by atoms with Crippen molar-refractivity contribution >= 4 is 28.3 Å². The van der Waals surface area contributed by atoms with E-state index in [0.717, 1.165) is 0 Å². The minimum Gasteiger partial charge on any atom is -0.497 e. The fourth-order valence-corrected chi connectivity index (χ4v) is 2.00. The van der Waals surface area contributed by atoms with E-state index in [1.54, 1.807) is 43.0 Å². The second-order valence-corrected chi connectivity index (χ2v) is 4.69. The van der Waals surface area contributed by atoms with Gasteiger partial charge in [-0.05, 0) is 24.3 Å². The molecule has 0 aliphatic carbocycles. The predicted molar refractivity (Wildman–Crippen MR) is 76.1 cm³/mol. The maximum atomic E-state index is 11.8. The molecular formula is C13H13N3O3S. The van der Waals surface area contributed by atoms with Crippen molar-refractivity contribution in [3.8, 4) is 5.75 Å². The predicted octanol–water partition coefficient (Wildman–Crippen LogP) is 1.52. The van der Waals surface area contributed by atoms with Crippen LogP contribution in [0.4, 0.5) is 5.13 Å². The first kappa shape index (κ1) is 14.0. The summed E-state index contributed by atoms with van der Waals surface area (Å²) in [6.07, 6.45) is 1.59. The van der Waals surface area contributed by atoms with Crippen molar-refractivity contribution in [3.63, 3.8) is 0 Å². The van der Waals surface area contributed by atoms with Crippen LogP contribution in [0.5, 0.6) is 5.75 Å². The van der Waals surface area contributed by atoms with E-state index in [9.17, 15) is 9.59 Å². The molecule has 104 valence electrons. The average Bonchev–Trinajstić information content (AvgIpc) is 2.97. The van der Waals surface area contributed by atoms with Crippen LogP contribution in [-0.4, -0.2) is 30.5 Å². The molecule has 0 radical (unpaired) electrons. The van der Waals surface area contributed by atoms with Crippen molar-refractivity contribution in [2.24, 2.45) is 0 Å². The zero-order chi connectivity index (χ0) is 14.4. The van der Waals surface area contributed by atoms with Gasteiger partial charge in [-0.3, -0.25) is 9.59 Å². The van der Waals surface area contributed by atoms with Gasteiger partial charge in [0.2, 0.25) is 5.91 Å². The lowest BCUT2D eigenvalue weighted by atomic mass is 10.2. The molecule has 0 aliphatic rings. The second-order valence-electron chi connectivity index (χ2n) is 3.80. The molecular weight excluding hydrogens is 278 g/mol. The van der Waals surface area contributed by atoms with Crippen molar-refractivity contribution in [2.45, 2.75) is 0 Å². The Kier molecular flexibility index (Phi) is 4.67. The number of hydrogen-bond acceptors (Lipinski definition) is 5. The second kappa shape index (κ2) is 6.67. The Bertz CT molecular complexity index is 581. The monoisotopic (exact) mass is 291 g/mol. The molecule has 1 aromatic carbocycles. The Hall–Kier alpha value is -2.41. The Morgan fingerprint density at radius 1 is 1.30 bits per heavy atom. The number of benzene rings is 1. The Morgan fingerprint density at radius 2 is 2.05 bits per heavy atom. The molecule has 0 atom stereocenters. The van der Waals surface area contributed by atoms with Gasteiger partial charge >= 0.3 is 0 Å². The van der Waals surface area contributed by atoms with Crippen LogP contribution in [0.15, 0.2) is 35.8 Å². The topological polar surface area (TPSA) is 80.3 Å². The standard InChI is InChI=1S/C13H13N3O3S/c1-19-10-4-2-9(3-5-10)12(18)15-8-11(17)16-13-14-6-7-20-13/h2-7H,8H2,1H3,(H,15,18)(H,14,16,17). The molecule has 20 heavy (non-hydrogen) atoms. The molecule has 6 nitrogen and oxygen atoms in total. The molecule has 2 rings (SSSR count). The molecule has 2 aromatic rings. The van der Waals surface area contributed by atoms with Crippen LogP contribution in [0, 0.1) is 0 Å². The summed E-state index contributed by atoms with van der Waals surface area (Å²) < 4.78 is 5.00. The van der Waals surface area contributed by atoms with Gasteiger partial charge in [-0.1, -0.05) is 0 Å². The van der Waals surface area contributed by atoms with Crippen molar-refractivity contribution in [3.05, 3.63) is 41.4 Å². The molecule has 0 saturated heterocycles. The normalized spacial score (nSPS) is 9.85. The van der Waals surface area contributed by atoms with E-state index in [2.05, 4.69) is 15.6 Å². The van der Waals surface area contributed by atoms with Crippen molar-refractivity contribution in [1.29, 1.82) is 0 Å². The largest absolute Gasteiger partial charge is 0.497 e. The first-order valence-electron chi connectivity index (χ1n) is 5.80. The van der Waals surface area contributed by atoms with E-state index < -0.39 is 0 Å². The van der Waals surface area contributed by atoms with Crippen molar-refractivity contribution in [1.82, 2.24) is 10.3 Å². The molecule has 0 spiro atoms. The highest BCUT2D eigenvalue weighted by molar-refractivity contribution is 7.13. The molecule has 0 bridgehead atoms. The van der Waals surface area contributed by atoms with E-state index >= 15 is 0 Å². The molecule has 1 heterocycles. The van der Waals surface area contributed by atoms with Crippen molar-refractivity contribution < 1.29 is 14.3 Å². The van der Waals surface area contributed by atoms with E-state index in [-0.39, 0.29) is 18.4 Å². The lowest BCUT2D eigenvalue weighted by Gasteiger charge is -2.06. The minimum absolute atomic E-state index is 0.107. The van der Waals surface area contributed by atoms with Gasteiger partial charge in [-0.15, -0.1) is 11.3 Å². The third-order valence-electron chi connectivity index (χ3n) is 2.44. The van der Waals surface area contributed by atoms with Gasteiger partial charge < -0.3 is 15.4 Å². The van der Waals surface area contributed by atoms with Crippen LogP contribution < -0.4 is 15.4 Å². The lowest BCUT2D eigenvalue weighted by molar-refractivity contribution is -0.115. The molecule has 2 amide bonds. The van der Waals surface area contributed by atoms with E-state index in [1.807, 2.05) is 0 Å². The lowest BCUT2D eigenvalue weighted by Crippen LogP contribution is -2.32. The minimum atomic E-state index is -0.318. The first-order chi connectivity index (χ1) is 9.69. The zero-order valence-electron chi connectivity index (χ0n) is 10.8.